The summed E-state index contributed by atoms with van der Waals surface area (Å²) in [5.74, 6) is -0.220. The van der Waals surface area contributed by atoms with Crippen LogP contribution < -0.4 is 10.2 Å². The fourth-order valence-corrected chi connectivity index (χ4v) is 3.93. The number of benzene rings is 2. The molecule has 0 aliphatic carbocycles. The number of nitrogens with zero attached hydrogens (tertiary/aromatic N) is 2. The van der Waals surface area contributed by atoms with Crippen molar-refractivity contribution in [2.75, 3.05) is 4.90 Å². The fourth-order valence-electron chi connectivity index (χ4n) is 3.18. The van der Waals surface area contributed by atoms with Gasteiger partial charge in [0.25, 0.3) is 11.8 Å². The van der Waals surface area contributed by atoms with Gasteiger partial charge in [-0.1, -0.05) is 15.9 Å². The third kappa shape index (κ3) is 4.06. The summed E-state index contributed by atoms with van der Waals surface area (Å²) in [6.45, 7) is 1.85. The Hall–Kier alpha value is -3.54. The van der Waals surface area contributed by atoms with Gasteiger partial charge < -0.3 is 4.42 Å². The minimum atomic E-state index is -0.586. The summed E-state index contributed by atoms with van der Waals surface area (Å²) in [7, 11) is 0. The predicted molar refractivity (Wildman–Crippen MR) is 124 cm³/mol. The lowest BCUT2D eigenvalue weighted by Gasteiger charge is -2.29. The zero-order valence-corrected chi connectivity index (χ0v) is 18.6. The monoisotopic (exact) mass is 491 g/mol. The van der Waals surface area contributed by atoms with Crippen molar-refractivity contribution in [2.24, 2.45) is 0 Å². The van der Waals surface area contributed by atoms with Crippen LogP contribution in [-0.4, -0.2) is 16.9 Å². The van der Waals surface area contributed by atoms with Crippen LogP contribution in [0.15, 0.2) is 69.1 Å². The van der Waals surface area contributed by atoms with E-state index in [1.54, 1.807) is 48.5 Å². The van der Waals surface area contributed by atoms with Crippen LogP contribution in [0.1, 0.15) is 16.9 Å². The van der Waals surface area contributed by atoms with Gasteiger partial charge >= 0.3 is 0 Å². The summed E-state index contributed by atoms with van der Waals surface area (Å²) < 4.78 is 6.67. The topological polar surface area (TPSA) is 86.3 Å². The molecule has 1 aromatic heterocycles. The molecule has 1 aliphatic rings. The first-order valence-electron chi connectivity index (χ1n) is 9.15. The van der Waals surface area contributed by atoms with Crippen molar-refractivity contribution in [3.8, 4) is 17.4 Å². The number of rotatable bonds is 3. The molecule has 0 bridgehead atoms. The van der Waals surface area contributed by atoms with Gasteiger partial charge in [0.2, 0.25) is 0 Å². The van der Waals surface area contributed by atoms with Gasteiger partial charge in [0, 0.05) is 10.0 Å². The molecule has 8 heteroatoms. The van der Waals surface area contributed by atoms with E-state index in [9.17, 15) is 9.59 Å². The molecule has 2 aromatic carbocycles. The van der Waals surface area contributed by atoms with Crippen LogP contribution in [0.5, 0.6) is 0 Å². The molecule has 1 saturated heterocycles. The first-order chi connectivity index (χ1) is 14.9. The van der Waals surface area contributed by atoms with Crippen LogP contribution in [0, 0.1) is 18.3 Å². The van der Waals surface area contributed by atoms with Gasteiger partial charge in [-0.15, -0.1) is 0 Å². The lowest BCUT2D eigenvalue weighted by molar-refractivity contribution is -0.122. The molecule has 0 spiro atoms. The number of aryl methyl sites for hydroxylation is 1. The smallest absolute Gasteiger partial charge is 0.270 e. The summed E-state index contributed by atoms with van der Waals surface area (Å²) in [5, 5.41) is 11.5. The van der Waals surface area contributed by atoms with E-state index in [0.29, 0.717) is 22.8 Å². The van der Waals surface area contributed by atoms with Crippen LogP contribution >= 0.6 is 28.1 Å². The molecule has 0 radical (unpaired) electrons. The van der Waals surface area contributed by atoms with E-state index in [1.165, 1.54) is 11.0 Å². The van der Waals surface area contributed by atoms with E-state index < -0.39 is 11.8 Å². The summed E-state index contributed by atoms with van der Waals surface area (Å²) in [4.78, 5) is 26.9. The third-order valence-corrected chi connectivity index (χ3v) is 5.49. The molecule has 0 unspecified atom stereocenters. The fraction of sp³-hybridized carbons (Fsp3) is 0.0435. The maximum Gasteiger partial charge on any atom is 0.270 e. The van der Waals surface area contributed by atoms with Crippen molar-refractivity contribution in [2.45, 2.75) is 6.92 Å². The highest BCUT2D eigenvalue weighted by Gasteiger charge is 2.35. The Morgan fingerprint density at radius 1 is 1.13 bits per heavy atom. The van der Waals surface area contributed by atoms with Gasteiger partial charge in [0.1, 0.15) is 17.1 Å². The number of anilines is 1. The second kappa shape index (κ2) is 8.30. The second-order valence-electron chi connectivity index (χ2n) is 6.78. The highest BCUT2D eigenvalue weighted by atomic mass is 79.9. The van der Waals surface area contributed by atoms with Crippen LogP contribution in [0.3, 0.4) is 0 Å². The molecule has 3 aromatic rings. The standard InChI is InChI=1S/C23H14BrN3O3S/c1-13-10-16(24)6-8-19(13)27-22(29)18(21(28)26-23(27)31)11-17-7-9-20(30-17)15-4-2-14(12-25)3-5-15/h2-11H,1H3,(H,26,28,31). The maximum absolute atomic E-state index is 13.2. The Balaban J connectivity index is 1.67. The summed E-state index contributed by atoms with van der Waals surface area (Å²) >= 11 is 8.65. The summed E-state index contributed by atoms with van der Waals surface area (Å²) in [6, 6.07) is 17.8. The van der Waals surface area contributed by atoms with Crippen molar-refractivity contribution >= 4 is 56.8 Å². The minimum absolute atomic E-state index is 0.0234. The van der Waals surface area contributed by atoms with Gasteiger partial charge in [0.15, 0.2) is 5.11 Å². The number of carbonyl (C=O) groups is 2. The molecule has 1 N–H and O–H groups in total. The maximum atomic E-state index is 13.2. The number of furan rings is 1. The summed E-state index contributed by atoms with van der Waals surface area (Å²) in [6.07, 6.45) is 1.40. The first-order valence-corrected chi connectivity index (χ1v) is 10.4. The molecule has 0 atom stereocenters. The van der Waals surface area contributed by atoms with Gasteiger partial charge in [-0.3, -0.25) is 19.8 Å². The molecule has 1 aliphatic heterocycles. The average Bonchev–Trinajstić information content (AvgIpc) is 3.21. The molecule has 2 amide bonds. The molecule has 2 heterocycles. The molecule has 4 rings (SSSR count). The highest BCUT2D eigenvalue weighted by molar-refractivity contribution is 9.10. The highest BCUT2D eigenvalue weighted by Crippen LogP contribution is 2.29. The van der Waals surface area contributed by atoms with E-state index in [0.717, 1.165) is 15.6 Å². The third-order valence-electron chi connectivity index (χ3n) is 4.71. The number of hydrogen-bond donors (Lipinski definition) is 1. The average molecular weight is 492 g/mol. The lowest BCUT2D eigenvalue weighted by Crippen LogP contribution is -2.54. The number of nitriles is 1. The number of thiocarbonyl (C=S) groups is 1. The first kappa shape index (κ1) is 20.7. The molecule has 152 valence electrons. The largest absolute Gasteiger partial charge is 0.457 e. The number of amides is 2. The summed E-state index contributed by atoms with van der Waals surface area (Å²) in [5.41, 5.74) is 2.64. The normalized spacial score (nSPS) is 15.2. The SMILES string of the molecule is Cc1cc(Br)ccc1N1C(=O)C(=Cc2ccc(-c3ccc(C#N)cc3)o2)C(=O)NC1=S. The Kier molecular flexibility index (Phi) is 5.55. The van der Waals surface area contributed by atoms with Crippen molar-refractivity contribution in [1.29, 1.82) is 5.26 Å². The molecule has 0 saturated carbocycles. The van der Waals surface area contributed by atoms with Crippen LogP contribution in [0.4, 0.5) is 5.69 Å². The number of hydrogen-bond acceptors (Lipinski definition) is 5. The van der Waals surface area contributed by atoms with E-state index in [2.05, 4.69) is 27.3 Å². The van der Waals surface area contributed by atoms with Gasteiger partial charge in [-0.25, -0.2) is 0 Å². The zero-order chi connectivity index (χ0) is 22.1. The van der Waals surface area contributed by atoms with E-state index >= 15 is 0 Å². The molecule has 31 heavy (non-hydrogen) atoms. The van der Waals surface area contributed by atoms with Crippen LogP contribution in [0.25, 0.3) is 17.4 Å². The molecular formula is C23H14BrN3O3S. The van der Waals surface area contributed by atoms with Crippen LogP contribution in [0.2, 0.25) is 0 Å². The van der Waals surface area contributed by atoms with E-state index in [1.807, 2.05) is 13.0 Å². The van der Waals surface area contributed by atoms with Gasteiger partial charge in [-0.2, -0.15) is 5.26 Å². The van der Waals surface area contributed by atoms with E-state index in [-0.39, 0.29) is 10.7 Å². The Bertz CT molecular complexity index is 1300. The Morgan fingerprint density at radius 2 is 1.87 bits per heavy atom. The number of halogens is 1. The van der Waals surface area contributed by atoms with Crippen LogP contribution in [-0.2, 0) is 9.59 Å². The van der Waals surface area contributed by atoms with Crippen molar-refractivity contribution in [1.82, 2.24) is 5.32 Å². The van der Waals surface area contributed by atoms with E-state index in [4.69, 9.17) is 21.9 Å². The number of nitrogens with one attached hydrogen (secondary N) is 1. The second-order valence-corrected chi connectivity index (χ2v) is 8.08. The predicted octanol–water partition coefficient (Wildman–Crippen LogP) is 4.72. The van der Waals surface area contributed by atoms with Gasteiger partial charge in [-0.05, 0) is 85.4 Å². The lowest BCUT2D eigenvalue weighted by atomic mass is 10.1. The van der Waals surface area contributed by atoms with Gasteiger partial charge in [0.05, 0.1) is 17.3 Å². The van der Waals surface area contributed by atoms with Crippen molar-refractivity contribution < 1.29 is 14.0 Å². The molecule has 6 nitrogen and oxygen atoms in total. The minimum Gasteiger partial charge on any atom is -0.457 e. The van der Waals surface area contributed by atoms with Crippen molar-refractivity contribution in [3.05, 3.63) is 81.5 Å². The molecule has 1 fully saturated rings. The molecular weight excluding hydrogens is 478 g/mol. The quantitative estimate of drug-likeness (QED) is 0.325. The number of carbonyl (C=O) groups excluding carboxylic acids is 2. The zero-order valence-electron chi connectivity index (χ0n) is 16.2. The van der Waals surface area contributed by atoms with Crippen molar-refractivity contribution in [3.63, 3.8) is 0 Å². The Morgan fingerprint density at radius 3 is 2.55 bits per heavy atom. The Labute approximate surface area is 191 Å².